The van der Waals surface area contributed by atoms with Crippen LogP contribution in [-0.2, 0) is 61.5 Å². The summed E-state index contributed by atoms with van der Waals surface area (Å²) >= 11 is 20.8. The molecule has 3 saturated heterocycles. The van der Waals surface area contributed by atoms with Gasteiger partial charge in [0, 0.05) is 135 Å². The van der Waals surface area contributed by atoms with E-state index in [4.69, 9.17) is 58.5 Å². The fourth-order valence-electron chi connectivity index (χ4n) is 14.0. The summed E-state index contributed by atoms with van der Waals surface area (Å²) in [7, 11) is 8.14. The lowest BCUT2D eigenvalue weighted by Gasteiger charge is -2.19. The molecule has 0 saturated carbocycles. The van der Waals surface area contributed by atoms with Crippen molar-refractivity contribution in [3.63, 3.8) is 0 Å². The number of ether oxygens (including phenoxy) is 5. The minimum Gasteiger partial charge on any atom is -0.380 e. The maximum Gasteiger partial charge on any atom is 0.253 e. The number of rotatable bonds is 25. The summed E-state index contributed by atoms with van der Waals surface area (Å²) in [4.78, 5) is 69.6. The average molecular weight is 1690 g/mol. The van der Waals surface area contributed by atoms with Crippen molar-refractivity contribution in [2.45, 2.75) is 122 Å². The van der Waals surface area contributed by atoms with Crippen molar-refractivity contribution in [2.75, 3.05) is 85.7 Å². The van der Waals surface area contributed by atoms with Crippen LogP contribution < -0.4 is 10.2 Å². The van der Waals surface area contributed by atoms with Crippen LogP contribution in [0.5, 0.6) is 0 Å². The van der Waals surface area contributed by atoms with Crippen LogP contribution in [0.4, 0.5) is 18.9 Å². The zero-order valence-corrected chi connectivity index (χ0v) is 72.1. The van der Waals surface area contributed by atoms with Crippen LogP contribution in [0.3, 0.4) is 0 Å². The molecule has 13 rings (SSSR count). The number of hydrogen-bond donors (Lipinski definition) is 1. The Bertz CT molecular complexity index is 5040. The predicted molar refractivity (Wildman–Crippen MR) is 470 cm³/mol. The van der Waals surface area contributed by atoms with Gasteiger partial charge in [0.05, 0.1) is 43.1 Å². The Hall–Kier alpha value is -9.09. The number of amides is 4. The number of benzene rings is 10. The summed E-state index contributed by atoms with van der Waals surface area (Å²) in [5, 5.41) is 3.45. The molecule has 22 heteroatoms. The lowest BCUT2D eigenvalue weighted by Crippen LogP contribution is -2.30. The standard InChI is InChI=1S/2C19H19ClFNO2.C19H20ClFO2.C19H21NO2S.C19H23NO2S/c1-24-12-15-10-14(19(23)22-8-2-3-9-22)4-6-16(15)13-5-7-17(20)18(21)11-13;1-24-12-14-10-13(19(23)22-8-2-3-9-22)4-6-16(14)17-7-5-15(20)11-18(17)21;1-12(2)8-19(22)14-4-6-16(15(9-14)11-23-3)13-5-7-17(20)18(21)10-13;1-22-13-15-12-16(20-11-3-4-19(20)21)7-10-18(15)14-5-8-17(23-2)9-6-14;1-13(2)20-19(21)15-7-10-18(16(11-15)12-22-3)14-5-8-17(23-4)9-6-14/h2*4-7,10-11H,2-3,8-9,12H2,1H3;4-7,9-10,12H,8,11H2,1-3H3;5-10,12H,3-4,11,13H2,1-2H3;5-11,13H,12H2,1-4H3,(H,20,21). The molecule has 4 amide bonds. The number of nitrogens with one attached hydrogen (secondary N) is 1. The number of carbonyl (C=O) groups is 5. The van der Waals surface area contributed by atoms with Gasteiger partial charge < -0.3 is 43.7 Å². The Kier molecular flexibility index (Phi) is 35.9. The number of Topliss-reactive ketones (excluding diaryl/α,β-unsaturated/α-hetero) is 1. The van der Waals surface area contributed by atoms with Crippen LogP contribution in [-0.4, -0.2) is 126 Å². The highest BCUT2D eigenvalue weighted by Gasteiger charge is 2.26. The highest BCUT2D eigenvalue weighted by molar-refractivity contribution is 7.98. The second-order valence-electron chi connectivity index (χ2n) is 29.1. The molecule has 117 heavy (non-hydrogen) atoms. The number of hydrogen-bond acceptors (Lipinski definition) is 12. The molecule has 3 fully saturated rings. The number of anilines is 1. The minimum atomic E-state index is -0.465. The first-order chi connectivity index (χ1) is 56.4. The second kappa shape index (κ2) is 45.7. The van der Waals surface area contributed by atoms with E-state index < -0.39 is 17.5 Å². The van der Waals surface area contributed by atoms with Crippen molar-refractivity contribution < 1.29 is 60.8 Å². The van der Waals surface area contributed by atoms with Gasteiger partial charge in [-0.25, -0.2) is 13.2 Å². The lowest BCUT2D eigenvalue weighted by atomic mass is 9.94. The first kappa shape index (κ1) is 91.8. The maximum absolute atomic E-state index is 14.3. The number of likely N-dealkylation sites (tertiary alicyclic amines) is 2. The molecule has 0 unspecified atom stereocenters. The molecule has 0 spiro atoms. The molecule has 3 heterocycles. The van der Waals surface area contributed by atoms with E-state index in [1.807, 2.05) is 90.9 Å². The van der Waals surface area contributed by atoms with Crippen LogP contribution in [0.1, 0.15) is 142 Å². The molecule has 0 aromatic heterocycles. The van der Waals surface area contributed by atoms with Crippen molar-refractivity contribution in [2.24, 2.45) is 5.92 Å². The molecule has 10 aromatic rings. The summed E-state index contributed by atoms with van der Waals surface area (Å²) in [6, 6.07) is 59.3. The van der Waals surface area contributed by atoms with Gasteiger partial charge >= 0.3 is 0 Å². The lowest BCUT2D eigenvalue weighted by molar-refractivity contribution is -0.117. The highest BCUT2D eigenvalue weighted by atomic mass is 35.5. The summed E-state index contributed by atoms with van der Waals surface area (Å²) < 4.78 is 68.2. The fourth-order valence-corrected chi connectivity index (χ4v) is 15.2. The molecule has 0 aliphatic carbocycles. The number of nitrogens with zero attached hydrogens (tertiary/aromatic N) is 3. The number of carbonyl (C=O) groups excluding carboxylic acids is 5. The van der Waals surface area contributed by atoms with E-state index in [0.29, 0.717) is 101 Å². The summed E-state index contributed by atoms with van der Waals surface area (Å²) in [6.45, 7) is 14.0. The molecule has 1 N–H and O–H groups in total. The van der Waals surface area contributed by atoms with Crippen LogP contribution in [0.2, 0.25) is 15.1 Å². The van der Waals surface area contributed by atoms with E-state index in [2.05, 4.69) is 78.5 Å². The van der Waals surface area contributed by atoms with Gasteiger partial charge in [0.2, 0.25) is 5.91 Å². The zero-order valence-electron chi connectivity index (χ0n) is 68.2. The third-order valence-corrected chi connectivity index (χ3v) is 22.1. The Morgan fingerprint density at radius 2 is 0.786 bits per heavy atom. The molecular formula is C95H102Cl3F3N4O10S2. The van der Waals surface area contributed by atoms with Gasteiger partial charge in [0.15, 0.2) is 5.78 Å². The topological polar surface area (TPSA) is 153 Å². The predicted octanol–water partition coefficient (Wildman–Crippen LogP) is 23.3. The van der Waals surface area contributed by atoms with Crippen LogP contribution in [0.25, 0.3) is 55.6 Å². The monoisotopic (exact) mass is 1680 g/mol. The first-order valence-corrected chi connectivity index (χ1v) is 42.5. The Balaban J connectivity index is 0.000000167. The molecule has 0 radical (unpaired) electrons. The summed E-state index contributed by atoms with van der Waals surface area (Å²) in [5.41, 5.74) is 17.0. The fraction of sp³-hybridized carbons (Fsp3) is 0.316. The van der Waals surface area contributed by atoms with Gasteiger partial charge in [-0.2, -0.15) is 0 Å². The van der Waals surface area contributed by atoms with Gasteiger partial charge in [-0.15, -0.1) is 23.5 Å². The third kappa shape index (κ3) is 25.7. The van der Waals surface area contributed by atoms with Crippen LogP contribution in [0.15, 0.2) is 204 Å². The molecule has 3 aliphatic heterocycles. The minimum absolute atomic E-state index is 0.0213. The molecule has 616 valence electrons. The van der Waals surface area contributed by atoms with Gasteiger partial charge in [0.25, 0.3) is 17.7 Å². The number of methoxy groups -OCH3 is 5. The normalized spacial score (nSPS) is 13.0. The Labute approximate surface area is 710 Å². The second-order valence-corrected chi connectivity index (χ2v) is 32.1. The molecule has 3 aliphatic rings. The van der Waals surface area contributed by atoms with Gasteiger partial charge in [0.1, 0.15) is 17.5 Å². The van der Waals surface area contributed by atoms with Gasteiger partial charge in [-0.1, -0.05) is 121 Å². The average Bonchev–Trinajstić information content (AvgIpc) is 1.74. The van der Waals surface area contributed by atoms with Crippen molar-refractivity contribution in [3.05, 3.63) is 277 Å². The van der Waals surface area contributed by atoms with E-state index >= 15 is 0 Å². The Morgan fingerprint density at radius 3 is 1.19 bits per heavy atom. The first-order valence-electron chi connectivity index (χ1n) is 38.9. The third-order valence-electron chi connectivity index (χ3n) is 19.8. The molecule has 10 aromatic carbocycles. The summed E-state index contributed by atoms with van der Waals surface area (Å²) in [6.07, 6.45) is 10.4. The van der Waals surface area contributed by atoms with Gasteiger partial charge in [-0.05, 0) is 264 Å². The van der Waals surface area contributed by atoms with Crippen LogP contribution in [0, 0.1) is 23.4 Å². The molecule has 0 atom stereocenters. The van der Waals surface area contributed by atoms with Crippen molar-refractivity contribution >= 4 is 93.4 Å². The van der Waals surface area contributed by atoms with E-state index in [9.17, 15) is 37.1 Å². The van der Waals surface area contributed by atoms with E-state index in [0.717, 1.165) is 126 Å². The number of halogens is 6. The van der Waals surface area contributed by atoms with Crippen molar-refractivity contribution in [1.82, 2.24) is 15.1 Å². The maximum atomic E-state index is 14.3. The van der Waals surface area contributed by atoms with E-state index in [1.165, 1.54) is 45.7 Å². The van der Waals surface area contributed by atoms with Crippen molar-refractivity contribution in [3.8, 4) is 55.6 Å². The molecule has 0 bridgehead atoms. The smallest absolute Gasteiger partial charge is 0.253 e. The van der Waals surface area contributed by atoms with Crippen molar-refractivity contribution in [1.29, 1.82) is 0 Å². The zero-order chi connectivity index (χ0) is 84.2. The largest absolute Gasteiger partial charge is 0.380 e. The summed E-state index contributed by atoms with van der Waals surface area (Å²) in [5.74, 6) is -0.691. The SMILES string of the molecule is COCc1cc(C(=O)CC(C)C)ccc1-c1ccc(Cl)c(F)c1.COCc1cc(C(=O)N2CCCC2)ccc1-c1ccc(Cl)c(F)c1.COCc1cc(C(=O)N2CCCC2)ccc1-c1ccc(Cl)cc1F.COCc1cc(C(=O)NC(C)C)ccc1-c1ccc(SC)cc1.COCc1cc(N2CCCC2=O)ccc1-c1ccc(SC)cc1. The Morgan fingerprint density at radius 1 is 0.410 bits per heavy atom. The number of ketones is 1. The van der Waals surface area contributed by atoms with E-state index in [-0.39, 0.29) is 45.5 Å². The number of thioether (sulfide) groups is 2. The van der Waals surface area contributed by atoms with Gasteiger partial charge in [-0.3, -0.25) is 24.0 Å². The molecular weight excluding hydrogens is 1580 g/mol. The quantitative estimate of drug-likeness (QED) is 0.0428. The highest BCUT2D eigenvalue weighted by Crippen LogP contribution is 2.37. The molecule has 14 nitrogen and oxygen atoms in total. The van der Waals surface area contributed by atoms with Crippen LogP contribution >= 0.6 is 58.3 Å². The van der Waals surface area contributed by atoms with E-state index in [1.54, 1.807) is 114 Å².